The largest absolute Gasteiger partial charge is 0.342 e. The summed E-state index contributed by atoms with van der Waals surface area (Å²) in [7, 11) is -3.25. The zero-order valence-electron chi connectivity index (χ0n) is 16.9. The molecule has 158 valence electrons. The van der Waals surface area contributed by atoms with Gasteiger partial charge in [-0.2, -0.15) is 0 Å². The predicted molar refractivity (Wildman–Crippen MR) is 110 cm³/mol. The Bertz CT molecular complexity index is 965. The maximum Gasteiger partial charge on any atom is 0.227 e. The maximum absolute atomic E-state index is 13.1. The van der Waals surface area contributed by atoms with Crippen molar-refractivity contribution in [3.05, 3.63) is 30.2 Å². The quantitative estimate of drug-likeness (QED) is 0.738. The molecule has 9 heteroatoms. The van der Waals surface area contributed by atoms with E-state index in [9.17, 15) is 13.2 Å². The van der Waals surface area contributed by atoms with Gasteiger partial charge in [-0.05, 0) is 44.2 Å². The number of sulfonamides is 1. The SMILES string of the molecule is CCCS(=O)(=O)N1CCCC(C(=O)N2CCC(c3nnc4ccccn34)CC2)C1. The van der Waals surface area contributed by atoms with Crippen molar-refractivity contribution in [2.75, 3.05) is 31.9 Å². The summed E-state index contributed by atoms with van der Waals surface area (Å²) in [5.41, 5.74) is 0.844. The molecule has 2 aliphatic heterocycles. The first-order valence-corrected chi connectivity index (χ1v) is 12.2. The van der Waals surface area contributed by atoms with Gasteiger partial charge in [-0.3, -0.25) is 9.20 Å². The Morgan fingerprint density at radius 1 is 1.14 bits per heavy atom. The number of nitrogens with zero attached hydrogens (tertiary/aromatic N) is 5. The van der Waals surface area contributed by atoms with Crippen molar-refractivity contribution < 1.29 is 13.2 Å². The molecule has 0 radical (unpaired) electrons. The summed E-state index contributed by atoms with van der Waals surface area (Å²) in [6, 6.07) is 5.86. The van der Waals surface area contributed by atoms with Crippen molar-refractivity contribution in [2.45, 2.75) is 44.9 Å². The molecule has 0 aromatic carbocycles. The summed E-state index contributed by atoms with van der Waals surface area (Å²) in [5.74, 6) is 1.28. The molecule has 2 saturated heterocycles. The average molecular weight is 420 g/mol. The molecule has 0 bridgehead atoms. The van der Waals surface area contributed by atoms with Crippen LogP contribution in [0.15, 0.2) is 24.4 Å². The highest BCUT2D eigenvalue weighted by Crippen LogP contribution is 2.29. The second kappa shape index (κ2) is 8.39. The number of hydrogen-bond donors (Lipinski definition) is 0. The number of amides is 1. The number of hydrogen-bond acceptors (Lipinski definition) is 5. The van der Waals surface area contributed by atoms with E-state index >= 15 is 0 Å². The Hall–Kier alpha value is -2.00. The van der Waals surface area contributed by atoms with Crippen LogP contribution in [0.2, 0.25) is 0 Å². The van der Waals surface area contributed by atoms with Crippen LogP contribution >= 0.6 is 0 Å². The molecule has 0 N–H and O–H groups in total. The molecule has 4 heterocycles. The van der Waals surface area contributed by atoms with Crippen molar-refractivity contribution in [1.29, 1.82) is 0 Å². The molecular formula is C20H29N5O3S. The Morgan fingerprint density at radius 3 is 2.69 bits per heavy atom. The first-order chi connectivity index (χ1) is 14.0. The van der Waals surface area contributed by atoms with Crippen LogP contribution in [0.4, 0.5) is 0 Å². The second-order valence-corrected chi connectivity index (χ2v) is 10.2. The van der Waals surface area contributed by atoms with Gasteiger partial charge in [0.25, 0.3) is 0 Å². The topological polar surface area (TPSA) is 87.9 Å². The minimum atomic E-state index is -3.25. The van der Waals surface area contributed by atoms with Gasteiger partial charge >= 0.3 is 0 Å². The number of rotatable bonds is 5. The molecular weight excluding hydrogens is 390 g/mol. The van der Waals surface area contributed by atoms with Crippen LogP contribution in [0, 0.1) is 5.92 Å². The number of aromatic nitrogens is 3. The molecule has 1 unspecified atom stereocenters. The third-order valence-electron chi connectivity index (χ3n) is 6.10. The molecule has 8 nitrogen and oxygen atoms in total. The smallest absolute Gasteiger partial charge is 0.227 e. The lowest BCUT2D eigenvalue weighted by Crippen LogP contribution is -2.48. The highest BCUT2D eigenvalue weighted by molar-refractivity contribution is 7.89. The number of likely N-dealkylation sites (tertiary alicyclic amines) is 1. The van der Waals surface area contributed by atoms with Gasteiger partial charge in [0.1, 0.15) is 5.82 Å². The number of carbonyl (C=O) groups is 1. The molecule has 29 heavy (non-hydrogen) atoms. The van der Waals surface area contributed by atoms with Gasteiger partial charge in [0.2, 0.25) is 15.9 Å². The van der Waals surface area contributed by atoms with E-state index in [1.807, 2.05) is 40.6 Å². The fourth-order valence-electron chi connectivity index (χ4n) is 4.54. The first kappa shape index (κ1) is 20.3. The van der Waals surface area contributed by atoms with E-state index in [-0.39, 0.29) is 23.5 Å². The summed E-state index contributed by atoms with van der Waals surface area (Å²) >= 11 is 0. The van der Waals surface area contributed by atoms with Crippen LogP contribution in [-0.4, -0.2) is 70.1 Å². The minimum Gasteiger partial charge on any atom is -0.342 e. The number of piperidine rings is 2. The minimum absolute atomic E-state index is 0.103. The number of carbonyl (C=O) groups excluding carboxylic acids is 1. The monoisotopic (exact) mass is 419 g/mol. The lowest BCUT2D eigenvalue weighted by atomic mass is 9.93. The number of fused-ring (bicyclic) bond motifs is 1. The molecule has 1 atom stereocenters. The third-order valence-corrected chi connectivity index (χ3v) is 8.14. The fraction of sp³-hybridized carbons (Fsp3) is 0.650. The third kappa shape index (κ3) is 4.16. The van der Waals surface area contributed by atoms with Gasteiger partial charge in [-0.25, -0.2) is 12.7 Å². The average Bonchev–Trinajstić information content (AvgIpc) is 3.18. The second-order valence-electron chi connectivity index (χ2n) is 8.10. The van der Waals surface area contributed by atoms with Crippen molar-refractivity contribution in [1.82, 2.24) is 23.8 Å². The molecule has 2 aliphatic rings. The molecule has 2 aromatic rings. The molecule has 0 saturated carbocycles. The molecule has 4 rings (SSSR count). The lowest BCUT2D eigenvalue weighted by molar-refractivity contribution is -0.137. The summed E-state index contributed by atoms with van der Waals surface area (Å²) < 4.78 is 28.3. The van der Waals surface area contributed by atoms with E-state index in [1.54, 1.807) is 0 Å². The van der Waals surface area contributed by atoms with Crippen LogP contribution in [-0.2, 0) is 14.8 Å². The van der Waals surface area contributed by atoms with Gasteiger partial charge in [0.15, 0.2) is 5.65 Å². The van der Waals surface area contributed by atoms with Crippen molar-refractivity contribution in [3.63, 3.8) is 0 Å². The molecule has 1 amide bonds. The Labute approximate surface area is 171 Å². The zero-order chi connectivity index (χ0) is 20.4. The summed E-state index contributed by atoms with van der Waals surface area (Å²) in [5, 5.41) is 8.61. The Balaban J connectivity index is 1.37. The van der Waals surface area contributed by atoms with Gasteiger partial charge in [-0.1, -0.05) is 13.0 Å². The van der Waals surface area contributed by atoms with E-state index in [0.29, 0.717) is 32.6 Å². The van der Waals surface area contributed by atoms with Crippen LogP contribution in [0.1, 0.15) is 50.8 Å². The van der Waals surface area contributed by atoms with E-state index in [2.05, 4.69) is 10.2 Å². The van der Waals surface area contributed by atoms with E-state index < -0.39 is 10.0 Å². The van der Waals surface area contributed by atoms with Crippen molar-refractivity contribution >= 4 is 21.6 Å². The zero-order valence-corrected chi connectivity index (χ0v) is 17.7. The van der Waals surface area contributed by atoms with Gasteiger partial charge in [0, 0.05) is 38.3 Å². The Kier molecular flexibility index (Phi) is 5.87. The summed E-state index contributed by atoms with van der Waals surface area (Å²) in [6.07, 6.45) is 5.81. The normalized spacial score (nSPS) is 22.2. The van der Waals surface area contributed by atoms with Gasteiger partial charge < -0.3 is 4.90 Å². The van der Waals surface area contributed by atoms with Crippen LogP contribution < -0.4 is 0 Å². The predicted octanol–water partition coefficient (Wildman–Crippen LogP) is 1.89. The molecule has 2 fully saturated rings. The highest BCUT2D eigenvalue weighted by atomic mass is 32.2. The highest BCUT2D eigenvalue weighted by Gasteiger charge is 2.35. The van der Waals surface area contributed by atoms with Gasteiger partial charge in [-0.15, -0.1) is 10.2 Å². The molecule has 0 aliphatic carbocycles. The molecule has 2 aromatic heterocycles. The van der Waals surface area contributed by atoms with Crippen molar-refractivity contribution in [3.8, 4) is 0 Å². The van der Waals surface area contributed by atoms with E-state index in [4.69, 9.17) is 0 Å². The number of pyridine rings is 1. The first-order valence-electron chi connectivity index (χ1n) is 10.6. The van der Waals surface area contributed by atoms with Crippen LogP contribution in [0.3, 0.4) is 0 Å². The standard InChI is InChI=1S/C20H29N5O3S/c1-2-14-29(27,28)24-10-5-6-17(15-24)20(26)23-12-8-16(9-13-23)19-22-21-18-7-3-4-11-25(18)19/h3-4,7,11,16-17H,2,5-6,8-10,12-15H2,1H3. The van der Waals surface area contributed by atoms with Crippen LogP contribution in [0.25, 0.3) is 5.65 Å². The van der Waals surface area contributed by atoms with E-state index in [1.165, 1.54) is 4.31 Å². The Morgan fingerprint density at radius 2 is 1.93 bits per heavy atom. The lowest BCUT2D eigenvalue weighted by Gasteiger charge is -2.37. The molecule has 0 spiro atoms. The van der Waals surface area contributed by atoms with E-state index in [0.717, 1.165) is 37.2 Å². The van der Waals surface area contributed by atoms with Crippen LogP contribution in [0.5, 0.6) is 0 Å². The summed E-state index contributed by atoms with van der Waals surface area (Å²) in [6.45, 7) is 4.10. The maximum atomic E-state index is 13.1. The van der Waals surface area contributed by atoms with Crippen molar-refractivity contribution in [2.24, 2.45) is 5.92 Å². The fourth-order valence-corrected chi connectivity index (χ4v) is 6.13. The van der Waals surface area contributed by atoms with Gasteiger partial charge in [0.05, 0.1) is 11.7 Å². The summed E-state index contributed by atoms with van der Waals surface area (Å²) in [4.78, 5) is 15.0.